The summed E-state index contributed by atoms with van der Waals surface area (Å²) >= 11 is 0. The van der Waals surface area contributed by atoms with E-state index in [-0.39, 0.29) is 24.3 Å². The number of amides is 3. The minimum Gasteiger partial charge on any atom is -0.484 e. The second-order valence-electron chi connectivity index (χ2n) is 6.59. The van der Waals surface area contributed by atoms with Crippen molar-refractivity contribution in [3.8, 4) is 5.75 Å². The number of hydrogen-bond acceptors (Lipinski definition) is 4. The quantitative estimate of drug-likeness (QED) is 0.521. The van der Waals surface area contributed by atoms with Crippen LogP contribution in [0.4, 0.5) is 11.4 Å². The number of rotatable bonds is 8. The van der Waals surface area contributed by atoms with Crippen LogP contribution in [0.2, 0.25) is 0 Å². The molecule has 0 saturated heterocycles. The van der Waals surface area contributed by atoms with Crippen molar-refractivity contribution in [2.24, 2.45) is 0 Å². The highest BCUT2D eigenvalue weighted by Crippen LogP contribution is 2.20. The number of hydrogen-bond donors (Lipinski definition) is 3. The van der Waals surface area contributed by atoms with Crippen molar-refractivity contribution in [1.82, 2.24) is 5.32 Å². The first-order valence-corrected chi connectivity index (χ1v) is 9.83. The zero-order valence-electron chi connectivity index (χ0n) is 17.1. The molecule has 0 radical (unpaired) electrons. The molecule has 0 heterocycles. The van der Waals surface area contributed by atoms with Gasteiger partial charge in [-0.15, -0.1) is 0 Å². The van der Waals surface area contributed by atoms with Crippen LogP contribution in [0.15, 0.2) is 78.9 Å². The summed E-state index contributed by atoms with van der Waals surface area (Å²) in [5.74, 6) is -0.344. The third-order valence-corrected chi connectivity index (χ3v) is 4.31. The molecular weight excluding hydrogens is 394 g/mol. The molecule has 3 rings (SSSR count). The topological polar surface area (TPSA) is 96.5 Å². The highest BCUT2D eigenvalue weighted by atomic mass is 16.5. The Labute approximate surface area is 180 Å². The number of likely N-dealkylation sites (N-methyl/N-ethyl adjacent to an activating group) is 1. The molecule has 3 N–H and O–H groups in total. The van der Waals surface area contributed by atoms with E-state index in [4.69, 9.17) is 4.74 Å². The van der Waals surface area contributed by atoms with Gasteiger partial charge in [-0.25, -0.2) is 0 Å². The van der Waals surface area contributed by atoms with E-state index in [2.05, 4.69) is 16.0 Å². The van der Waals surface area contributed by atoms with Gasteiger partial charge in [-0.1, -0.05) is 30.3 Å². The molecule has 0 aliphatic carbocycles. The van der Waals surface area contributed by atoms with Gasteiger partial charge >= 0.3 is 0 Å². The Kier molecular flexibility index (Phi) is 7.37. The molecule has 0 atom stereocenters. The van der Waals surface area contributed by atoms with E-state index < -0.39 is 0 Å². The average molecular weight is 417 g/mol. The highest BCUT2D eigenvalue weighted by molar-refractivity contribution is 6.12. The van der Waals surface area contributed by atoms with Crippen molar-refractivity contribution in [2.75, 3.05) is 23.8 Å². The highest BCUT2D eigenvalue weighted by Gasteiger charge is 2.14. The molecule has 7 nitrogen and oxygen atoms in total. The van der Waals surface area contributed by atoms with Crippen LogP contribution in [0, 0.1) is 0 Å². The standard InChI is InChI=1S/C24H23N3O4/c1-2-25-22(28)16-31-19-14-12-18(13-15-19)26-24(30)20-10-6-7-11-21(20)27-23(29)17-8-4-3-5-9-17/h3-15H,2,16H2,1H3,(H,25,28)(H,26,30)(H,27,29). The summed E-state index contributed by atoms with van der Waals surface area (Å²) in [6.45, 7) is 2.30. The zero-order valence-corrected chi connectivity index (χ0v) is 17.1. The second-order valence-corrected chi connectivity index (χ2v) is 6.59. The molecule has 0 aliphatic rings. The fourth-order valence-electron chi connectivity index (χ4n) is 2.80. The molecule has 0 bridgehead atoms. The van der Waals surface area contributed by atoms with E-state index in [1.54, 1.807) is 72.8 Å². The summed E-state index contributed by atoms with van der Waals surface area (Å²) in [6.07, 6.45) is 0. The number of carbonyl (C=O) groups is 3. The molecule has 0 fully saturated rings. The summed E-state index contributed by atoms with van der Waals surface area (Å²) in [7, 11) is 0. The summed E-state index contributed by atoms with van der Waals surface area (Å²) < 4.78 is 5.40. The van der Waals surface area contributed by atoms with E-state index in [0.717, 1.165) is 0 Å². The molecule has 3 aromatic rings. The maximum atomic E-state index is 12.8. The Morgan fingerprint density at radius 1 is 0.774 bits per heavy atom. The zero-order chi connectivity index (χ0) is 22.1. The first-order chi connectivity index (χ1) is 15.1. The maximum absolute atomic E-state index is 12.8. The Balaban J connectivity index is 1.64. The van der Waals surface area contributed by atoms with E-state index >= 15 is 0 Å². The van der Waals surface area contributed by atoms with Crippen molar-refractivity contribution in [3.05, 3.63) is 90.0 Å². The number of anilines is 2. The Morgan fingerprint density at radius 3 is 2.16 bits per heavy atom. The summed E-state index contributed by atoms with van der Waals surface area (Å²) in [5.41, 5.74) is 1.81. The average Bonchev–Trinajstić information content (AvgIpc) is 2.79. The van der Waals surface area contributed by atoms with Crippen LogP contribution in [-0.2, 0) is 4.79 Å². The summed E-state index contributed by atoms with van der Waals surface area (Å²) in [5, 5.41) is 8.23. The minimum absolute atomic E-state index is 0.0754. The Morgan fingerprint density at radius 2 is 1.45 bits per heavy atom. The normalized spacial score (nSPS) is 10.1. The lowest BCUT2D eigenvalue weighted by Crippen LogP contribution is -2.28. The molecule has 158 valence electrons. The van der Waals surface area contributed by atoms with Gasteiger partial charge in [0.15, 0.2) is 6.61 Å². The van der Waals surface area contributed by atoms with Crippen LogP contribution >= 0.6 is 0 Å². The number of nitrogens with one attached hydrogen (secondary N) is 3. The predicted molar refractivity (Wildman–Crippen MR) is 119 cm³/mol. The molecule has 0 aromatic heterocycles. The Bertz CT molecular complexity index is 1050. The smallest absolute Gasteiger partial charge is 0.257 e. The van der Waals surface area contributed by atoms with Crippen molar-refractivity contribution in [3.63, 3.8) is 0 Å². The fourth-order valence-corrected chi connectivity index (χ4v) is 2.80. The number of para-hydroxylation sites is 1. The van der Waals surface area contributed by atoms with Gasteiger partial charge in [-0.05, 0) is 55.5 Å². The molecule has 0 saturated carbocycles. The van der Waals surface area contributed by atoms with Crippen LogP contribution in [-0.4, -0.2) is 30.9 Å². The van der Waals surface area contributed by atoms with E-state index in [0.29, 0.717) is 34.8 Å². The van der Waals surface area contributed by atoms with Gasteiger partial charge in [0, 0.05) is 17.8 Å². The van der Waals surface area contributed by atoms with Crippen LogP contribution in [0.1, 0.15) is 27.6 Å². The molecule has 0 spiro atoms. The second kappa shape index (κ2) is 10.6. The fraction of sp³-hybridized carbons (Fsp3) is 0.125. The van der Waals surface area contributed by atoms with Gasteiger partial charge < -0.3 is 20.7 Å². The lowest BCUT2D eigenvalue weighted by molar-refractivity contribution is -0.122. The van der Waals surface area contributed by atoms with Gasteiger partial charge in [0.2, 0.25) is 0 Å². The van der Waals surface area contributed by atoms with Gasteiger partial charge in [-0.2, -0.15) is 0 Å². The largest absolute Gasteiger partial charge is 0.484 e. The van der Waals surface area contributed by atoms with Gasteiger partial charge in [0.25, 0.3) is 17.7 Å². The molecule has 31 heavy (non-hydrogen) atoms. The summed E-state index contributed by atoms with van der Waals surface area (Å²) in [4.78, 5) is 36.7. The van der Waals surface area contributed by atoms with E-state index in [1.165, 1.54) is 0 Å². The van der Waals surface area contributed by atoms with E-state index in [9.17, 15) is 14.4 Å². The maximum Gasteiger partial charge on any atom is 0.257 e. The van der Waals surface area contributed by atoms with Crippen LogP contribution < -0.4 is 20.7 Å². The lowest BCUT2D eigenvalue weighted by Gasteiger charge is -2.12. The van der Waals surface area contributed by atoms with E-state index in [1.807, 2.05) is 13.0 Å². The van der Waals surface area contributed by atoms with Gasteiger partial charge in [-0.3, -0.25) is 14.4 Å². The number of benzene rings is 3. The molecular formula is C24H23N3O4. The van der Waals surface area contributed by atoms with Crippen LogP contribution in [0.25, 0.3) is 0 Å². The monoisotopic (exact) mass is 417 g/mol. The van der Waals surface area contributed by atoms with Gasteiger partial charge in [0.1, 0.15) is 5.75 Å². The number of ether oxygens (including phenoxy) is 1. The predicted octanol–water partition coefficient (Wildman–Crippen LogP) is 3.71. The SMILES string of the molecule is CCNC(=O)COc1ccc(NC(=O)c2ccccc2NC(=O)c2ccccc2)cc1. The van der Waals surface area contributed by atoms with Crippen LogP contribution in [0.3, 0.4) is 0 Å². The van der Waals surface area contributed by atoms with Crippen molar-refractivity contribution in [1.29, 1.82) is 0 Å². The molecule has 3 amide bonds. The first kappa shape index (κ1) is 21.6. The van der Waals surface area contributed by atoms with Gasteiger partial charge in [0.05, 0.1) is 11.3 Å². The molecule has 0 unspecified atom stereocenters. The van der Waals surface area contributed by atoms with Crippen LogP contribution in [0.5, 0.6) is 5.75 Å². The molecule has 3 aromatic carbocycles. The van der Waals surface area contributed by atoms with Crippen molar-refractivity contribution >= 4 is 29.1 Å². The molecule has 7 heteroatoms. The van der Waals surface area contributed by atoms with Crippen molar-refractivity contribution < 1.29 is 19.1 Å². The number of carbonyl (C=O) groups excluding carboxylic acids is 3. The molecule has 0 aliphatic heterocycles. The minimum atomic E-state index is -0.361. The summed E-state index contributed by atoms with van der Waals surface area (Å²) in [6, 6.07) is 22.3. The lowest BCUT2D eigenvalue weighted by atomic mass is 10.1. The van der Waals surface area contributed by atoms with Crippen molar-refractivity contribution in [2.45, 2.75) is 6.92 Å². The third kappa shape index (κ3) is 6.17. The first-order valence-electron chi connectivity index (χ1n) is 9.83. The Hall–Kier alpha value is -4.13. The third-order valence-electron chi connectivity index (χ3n) is 4.31.